The van der Waals surface area contributed by atoms with Gasteiger partial charge in [0.05, 0.1) is 22.9 Å². The predicted octanol–water partition coefficient (Wildman–Crippen LogP) is 3.44. The smallest absolute Gasteiger partial charge is 0.0560 e. The van der Waals surface area contributed by atoms with Gasteiger partial charge in [-0.1, -0.05) is 0 Å². The standard InChI is InChI=1S/C11H15IN2/c12-13-10-4-6-11(7-5-10)14-8-2-1-3-9-14/h4-7,13H,1-3,8-9H2. The second-order valence-electron chi connectivity index (χ2n) is 3.69. The van der Waals surface area contributed by atoms with Gasteiger partial charge in [0.25, 0.3) is 0 Å². The van der Waals surface area contributed by atoms with E-state index in [0.717, 1.165) is 0 Å². The van der Waals surface area contributed by atoms with Gasteiger partial charge in [-0.15, -0.1) is 0 Å². The van der Waals surface area contributed by atoms with Crippen molar-refractivity contribution in [1.82, 2.24) is 0 Å². The van der Waals surface area contributed by atoms with E-state index in [2.05, 4.69) is 55.6 Å². The van der Waals surface area contributed by atoms with Gasteiger partial charge in [-0.05, 0) is 43.5 Å². The van der Waals surface area contributed by atoms with Crippen LogP contribution in [0, 0.1) is 0 Å². The summed E-state index contributed by atoms with van der Waals surface area (Å²) in [5, 5.41) is 0. The lowest BCUT2D eigenvalue weighted by molar-refractivity contribution is 0.578. The maximum Gasteiger partial charge on any atom is 0.0560 e. The van der Waals surface area contributed by atoms with Gasteiger partial charge in [0.1, 0.15) is 0 Å². The monoisotopic (exact) mass is 302 g/mol. The highest BCUT2D eigenvalue weighted by Gasteiger charge is 2.09. The van der Waals surface area contributed by atoms with E-state index < -0.39 is 0 Å². The molecule has 0 saturated carbocycles. The molecule has 1 aliphatic heterocycles. The number of nitrogens with one attached hydrogen (secondary N) is 1. The maximum absolute atomic E-state index is 3.11. The summed E-state index contributed by atoms with van der Waals surface area (Å²) < 4.78 is 3.11. The highest BCUT2D eigenvalue weighted by Crippen LogP contribution is 2.22. The molecule has 1 aromatic carbocycles. The number of nitrogens with zero attached hydrogens (tertiary/aromatic N) is 1. The minimum absolute atomic E-state index is 1.17. The lowest BCUT2D eigenvalue weighted by Crippen LogP contribution is -2.29. The van der Waals surface area contributed by atoms with Crippen LogP contribution >= 0.6 is 22.9 Å². The second kappa shape index (κ2) is 4.87. The Hall–Kier alpha value is -0.450. The molecular formula is C11H15IN2. The van der Waals surface area contributed by atoms with Crippen molar-refractivity contribution >= 4 is 34.2 Å². The van der Waals surface area contributed by atoms with Crippen molar-refractivity contribution in [3.63, 3.8) is 0 Å². The van der Waals surface area contributed by atoms with Crippen LogP contribution in [0.1, 0.15) is 19.3 Å². The number of rotatable bonds is 2. The average molecular weight is 302 g/mol. The number of piperidine rings is 1. The Kier molecular flexibility index (Phi) is 3.50. The van der Waals surface area contributed by atoms with E-state index in [1.54, 1.807) is 0 Å². The first-order valence-corrected chi connectivity index (χ1v) is 6.20. The molecule has 2 rings (SSSR count). The van der Waals surface area contributed by atoms with Crippen LogP contribution in [0.15, 0.2) is 24.3 Å². The highest BCUT2D eigenvalue weighted by atomic mass is 127. The Bertz CT molecular complexity index is 278. The van der Waals surface area contributed by atoms with E-state index in [9.17, 15) is 0 Å². The van der Waals surface area contributed by atoms with Crippen molar-refractivity contribution in [2.24, 2.45) is 0 Å². The number of benzene rings is 1. The summed E-state index contributed by atoms with van der Waals surface area (Å²) in [6.07, 6.45) is 4.07. The molecule has 0 radical (unpaired) electrons. The minimum atomic E-state index is 1.17. The molecule has 1 heterocycles. The van der Waals surface area contributed by atoms with Gasteiger partial charge in [-0.2, -0.15) is 0 Å². The molecular weight excluding hydrogens is 287 g/mol. The number of hydrogen-bond acceptors (Lipinski definition) is 2. The van der Waals surface area contributed by atoms with E-state index in [1.165, 1.54) is 43.7 Å². The Labute approximate surface area is 99.2 Å². The molecule has 14 heavy (non-hydrogen) atoms. The van der Waals surface area contributed by atoms with Crippen LogP contribution in [0.25, 0.3) is 0 Å². The first-order chi connectivity index (χ1) is 6.90. The van der Waals surface area contributed by atoms with E-state index >= 15 is 0 Å². The minimum Gasteiger partial charge on any atom is -0.372 e. The Morgan fingerprint density at radius 2 is 1.64 bits per heavy atom. The third-order valence-electron chi connectivity index (χ3n) is 2.70. The van der Waals surface area contributed by atoms with Crippen molar-refractivity contribution in [2.75, 3.05) is 21.5 Å². The highest BCUT2D eigenvalue weighted by molar-refractivity contribution is 14.1. The van der Waals surface area contributed by atoms with Gasteiger partial charge in [0.2, 0.25) is 0 Å². The molecule has 1 aliphatic rings. The first kappa shape index (κ1) is 10.1. The number of anilines is 2. The summed E-state index contributed by atoms with van der Waals surface area (Å²) in [7, 11) is 0. The zero-order valence-corrected chi connectivity index (χ0v) is 10.3. The van der Waals surface area contributed by atoms with Gasteiger partial charge in [-0.25, -0.2) is 0 Å². The summed E-state index contributed by atoms with van der Waals surface area (Å²) in [5.74, 6) is 0. The zero-order chi connectivity index (χ0) is 9.80. The number of halogens is 1. The van der Waals surface area contributed by atoms with Crippen LogP contribution in [0.2, 0.25) is 0 Å². The average Bonchev–Trinajstić information content (AvgIpc) is 2.30. The van der Waals surface area contributed by atoms with Crippen molar-refractivity contribution < 1.29 is 0 Å². The maximum atomic E-state index is 3.11. The summed E-state index contributed by atoms with van der Waals surface area (Å²) >= 11 is 2.16. The van der Waals surface area contributed by atoms with Crippen molar-refractivity contribution in [3.8, 4) is 0 Å². The van der Waals surface area contributed by atoms with Crippen LogP contribution < -0.4 is 8.43 Å². The normalized spacial score (nSPS) is 16.8. The van der Waals surface area contributed by atoms with E-state index in [1.807, 2.05) is 0 Å². The third kappa shape index (κ3) is 2.32. The van der Waals surface area contributed by atoms with Crippen molar-refractivity contribution in [2.45, 2.75) is 19.3 Å². The molecule has 76 valence electrons. The summed E-state index contributed by atoms with van der Waals surface area (Å²) in [4.78, 5) is 2.47. The number of hydrogen-bond donors (Lipinski definition) is 1. The molecule has 0 aliphatic carbocycles. The molecule has 0 atom stereocenters. The quantitative estimate of drug-likeness (QED) is 0.665. The lowest BCUT2D eigenvalue weighted by atomic mass is 10.1. The third-order valence-corrected chi connectivity index (χ3v) is 3.32. The predicted molar refractivity (Wildman–Crippen MR) is 70.1 cm³/mol. The van der Waals surface area contributed by atoms with Crippen LogP contribution in [-0.4, -0.2) is 13.1 Å². The molecule has 0 unspecified atom stereocenters. The van der Waals surface area contributed by atoms with Crippen LogP contribution in [0.3, 0.4) is 0 Å². The molecule has 1 N–H and O–H groups in total. The van der Waals surface area contributed by atoms with Crippen LogP contribution in [-0.2, 0) is 0 Å². The summed E-state index contributed by atoms with van der Waals surface area (Å²) in [6, 6.07) is 8.67. The Morgan fingerprint density at radius 3 is 2.21 bits per heavy atom. The fourth-order valence-corrected chi connectivity index (χ4v) is 2.25. The zero-order valence-electron chi connectivity index (χ0n) is 8.17. The molecule has 1 aromatic rings. The molecule has 2 nitrogen and oxygen atoms in total. The molecule has 1 saturated heterocycles. The fraction of sp³-hybridized carbons (Fsp3) is 0.455. The molecule has 3 heteroatoms. The molecule has 1 fully saturated rings. The van der Waals surface area contributed by atoms with Gasteiger partial charge >= 0.3 is 0 Å². The largest absolute Gasteiger partial charge is 0.372 e. The fourth-order valence-electron chi connectivity index (χ4n) is 1.89. The van der Waals surface area contributed by atoms with Gasteiger partial charge in [0.15, 0.2) is 0 Å². The van der Waals surface area contributed by atoms with E-state index in [4.69, 9.17) is 0 Å². The van der Waals surface area contributed by atoms with Gasteiger partial charge in [0, 0.05) is 24.5 Å². The van der Waals surface area contributed by atoms with E-state index in [0.29, 0.717) is 0 Å². The molecule has 0 amide bonds. The topological polar surface area (TPSA) is 15.3 Å². The van der Waals surface area contributed by atoms with Crippen molar-refractivity contribution in [3.05, 3.63) is 24.3 Å². The molecule has 0 bridgehead atoms. The van der Waals surface area contributed by atoms with Crippen LogP contribution in [0.4, 0.5) is 11.4 Å². The molecule has 0 spiro atoms. The van der Waals surface area contributed by atoms with Crippen molar-refractivity contribution in [1.29, 1.82) is 0 Å². The summed E-state index contributed by atoms with van der Waals surface area (Å²) in [5.41, 5.74) is 2.53. The lowest BCUT2D eigenvalue weighted by Gasteiger charge is -2.28. The summed E-state index contributed by atoms with van der Waals surface area (Å²) in [6.45, 7) is 2.44. The van der Waals surface area contributed by atoms with Gasteiger partial charge < -0.3 is 8.43 Å². The van der Waals surface area contributed by atoms with E-state index in [-0.39, 0.29) is 0 Å². The molecule has 0 aromatic heterocycles. The van der Waals surface area contributed by atoms with Gasteiger partial charge in [-0.3, -0.25) is 0 Å². The first-order valence-electron chi connectivity index (χ1n) is 5.12. The Morgan fingerprint density at radius 1 is 1.00 bits per heavy atom. The van der Waals surface area contributed by atoms with Crippen LogP contribution in [0.5, 0.6) is 0 Å². The Balaban J connectivity index is 2.07. The SMILES string of the molecule is INc1ccc(N2CCCCC2)cc1. The second-order valence-corrected chi connectivity index (χ2v) is 4.23.